The van der Waals surface area contributed by atoms with E-state index in [0.29, 0.717) is 6.42 Å². The summed E-state index contributed by atoms with van der Waals surface area (Å²) in [7, 11) is 0. The van der Waals surface area contributed by atoms with Crippen molar-refractivity contribution in [2.75, 3.05) is 0 Å². The van der Waals surface area contributed by atoms with Crippen molar-refractivity contribution in [2.24, 2.45) is 5.73 Å². The van der Waals surface area contributed by atoms with Gasteiger partial charge in [0.2, 0.25) is 0 Å². The number of carbonyl (C=O) groups is 1. The summed E-state index contributed by atoms with van der Waals surface area (Å²) >= 11 is 0. The number of aromatic amines is 1. The van der Waals surface area contributed by atoms with Gasteiger partial charge in [0.1, 0.15) is 6.04 Å². The molecule has 0 fully saturated rings. The van der Waals surface area contributed by atoms with Gasteiger partial charge in [-0.2, -0.15) is 0 Å². The second kappa shape index (κ2) is 4.81. The topological polar surface area (TPSA) is 79.1 Å². The van der Waals surface area contributed by atoms with E-state index in [1.807, 2.05) is 30.5 Å². The van der Waals surface area contributed by atoms with Gasteiger partial charge in [0.15, 0.2) is 0 Å². The first-order chi connectivity index (χ1) is 7.18. The average molecular weight is 220 g/mol. The van der Waals surface area contributed by atoms with Crippen molar-refractivity contribution in [1.82, 2.24) is 4.98 Å². The highest BCUT2D eigenvalue weighted by atomic mass is 16.4. The summed E-state index contributed by atoms with van der Waals surface area (Å²) in [6.07, 6.45) is 2.16. The number of hydrogen-bond donors (Lipinski definition) is 3. The van der Waals surface area contributed by atoms with Gasteiger partial charge in [-0.1, -0.05) is 25.6 Å². The van der Waals surface area contributed by atoms with Crippen molar-refractivity contribution < 1.29 is 9.90 Å². The lowest BCUT2D eigenvalue weighted by molar-refractivity contribution is -0.138. The summed E-state index contributed by atoms with van der Waals surface area (Å²) < 4.78 is 0. The molecule has 0 aliphatic rings. The molecule has 2 aromatic rings. The molecule has 1 atom stereocenters. The van der Waals surface area contributed by atoms with Crippen LogP contribution in [0.5, 0.6) is 0 Å². The van der Waals surface area contributed by atoms with E-state index in [1.54, 1.807) is 0 Å². The van der Waals surface area contributed by atoms with Crippen molar-refractivity contribution in [3.8, 4) is 0 Å². The van der Waals surface area contributed by atoms with Gasteiger partial charge in [0.25, 0.3) is 0 Å². The Balaban J connectivity index is 0.00000128. The zero-order valence-electron chi connectivity index (χ0n) is 8.10. The Morgan fingerprint density at radius 2 is 2.12 bits per heavy atom. The summed E-state index contributed by atoms with van der Waals surface area (Å²) in [6.45, 7) is 0. The van der Waals surface area contributed by atoms with Crippen LogP contribution in [0.4, 0.5) is 0 Å². The van der Waals surface area contributed by atoms with E-state index in [2.05, 4.69) is 4.98 Å². The van der Waals surface area contributed by atoms with Gasteiger partial charge in [-0.15, -0.1) is 0 Å². The summed E-state index contributed by atoms with van der Waals surface area (Å²) in [5.74, 6) is -0.972. The summed E-state index contributed by atoms with van der Waals surface area (Å²) in [5, 5.41) is 9.75. The van der Waals surface area contributed by atoms with Crippen LogP contribution in [-0.2, 0) is 11.2 Å². The minimum atomic E-state index is -0.972. The Hall–Kier alpha value is -1.81. The number of carboxylic acid groups (broad SMARTS) is 1. The van der Waals surface area contributed by atoms with E-state index in [1.165, 1.54) is 0 Å². The first-order valence-corrected chi connectivity index (χ1v) is 4.72. The van der Waals surface area contributed by atoms with Crippen molar-refractivity contribution >= 4 is 16.9 Å². The summed E-state index contributed by atoms with van der Waals surface area (Å²) in [6, 6.07) is 6.91. The molecule has 0 unspecified atom stereocenters. The third-order valence-electron chi connectivity index (χ3n) is 2.43. The number of rotatable bonds is 3. The maximum Gasteiger partial charge on any atom is 0.320 e. The Bertz CT molecular complexity index is 490. The normalized spacial score (nSPS) is 12.1. The standard InChI is InChI=1S/C11H12N2O2.CH4/c12-9(11(14)15)5-7-6-13-10-4-2-1-3-8(7)10;/h1-4,6,9,13H,5,12H2,(H,14,15);1H4/t9-;/m0./s1. The second-order valence-corrected chi connectivity index (χ2v) is 3.51. The van der Waals surface area contributed by atoms with Gasteiger partial charge in [0, 0.05) is 23.5 Å². The molecule has 0 aliphatic heterocycles. The lowest BCUT2D eigenvalue weighted by Crippen LogP contribution is -2.32. The maximum absolute atomic E-state index is 10.6. The molecule has 0 saturated heterocycles. The second-order valence-electron chi connectivity index (χ2n) is 3.51. The van der Waals surface area contributed by atoms with Crippen LogP contribution < -0.4 is 5.73 Å². The average Bonchev–Trinajstić information content (AvgIpc) is 2.62. The molecule has 0 amide bonds. The van der Waals surface area contributed by atoms with E-state index in [9.17, 15) is 4.79 Å². The van der Waals surface area contributed by atoms with Gasteiger partial charge in [-0.25, -0.2) is 0 Å². The molecule has 0 radical (unpaired) electrons. The summed E-state index contributed by atoms with van der Waals surface area (Å²) in [5.41, 5.74) is 7.43. The molecule has 0 saturated carbocycles. The molecule has 1 aromatic heterocycles. The number of aliphatic carboxylic acids is 1. The number of fused-ring (bicyclic) bond motifs is 1. The maximum atomic E-state index is 10.6. The number of nitrogens with one attached hydrogen (secondary N) is 1. The molecular weight excluding hydrogens is 204 g/mol. The van der Waals surface area contributed by atoms with Crippen LogP contribution in [0.3, 0.4) is 0 Å². The first kappa shape index (κ1) is 12.3. The monoisotopic (exact) mass is 220 g/mol. The molecule has 0 bridgehead atoms. The molecule has 86 valence electrons. The third-order valence-corrected chi connectivity index (χ3v) is 2.43. The van der Waals surface area contributed by atoms with Gasteiger partial charge in [0.05, 0.1) is 0 Å². The van der Waals surface area contributed by atoms with E-state index in [-0.39, 0.29) is 7.43 Å². The van der Waals surface area contributed by atoms with Crippen molar-refractivity contribution in [1.29, 1.82) is 0 Å². The van der Waals surface area contributed by atoms with Crippen LogP contribution >= 0.6 is 0 Å². The molecule has 0 aliphatic carbocycles. The van der Waals surface area contributed by atoms with Crippen molar-refractivity contribution in [3.05, 3.63) is 36.0 Å². The van der Waals surface area contributed by atoms with Gasteiger partial charge in [-0.05, 0) is 11.6 Å². The number of hydrogen-bond acceptors (Lipinski definition) is 2. The Kier molecular flexibility index (Phi) is 3.68. The number of H-pyrrole nitrogens is 1. The fourth-order valence-electron chi connectivity index (χ4n) is 1.62. The molecule has 4 N–H and O–H groups in total. The van der Waals surface area contributed by atoms with E-state index < -0.39 is 12.0 Å². The Labute approximate surface area is 94.1 Å². The molecule has 16 heavy (non-hydrogen) atoms. The quantitative estimate of drug-likeness (QED) is 0.737. The molecular formula is C12H16N2O2. The van der Waals surface area contributed by atoms with Crippen LogP contribution in [0.2, 0.25) is 0 Å². The number of nitrogens with two attached hydrogens (primary N) is 1. The third kappa shape index (κ3) is 2.23. The van der Waals surface area contributed by atoms with Crippen LogP contribution in [0.25, 0.3) is 10.9 Å². The van der Waals surface area contributed by atoms with Crippen molar-refractivity contribution in [2.45, 2.75) is 19.9 Å². The fraction of sp³-hybridized carbons (Fsp3) is 0.250. The molecule has 4 nitrogen and oxygen atoms in total. The zero-order valence-corrected chi connectivity index (χ0v) is 8.10. The highest BCUT2D eigenvalue weighted by Gasteiger charge is 2.14. The van der Waals surface area contributed by atoms with Gasteiger partial charge < -0.3 is 15.8 Å². The first-order valence-electron chi connectivity index (χ1n) is 4.72. The van der Waals surface area contributed by atoms with Crippen LogP contribution in [0, 0.1) is 0 Å². The fourth-order valence-corrected chi connectivity index (χ4v) is 1.62. The summed E-state index contributed by atoms with van der Waals surface area (Å²) in [4.78, 5) is 13.7. The zero-order chi connectivity index (χ0) is 10.8. The lowest BCUT2D eigenvalue weighted by atomic mass is 10.1. The van der Waals surface area contributed by atoms with Gasteiger partial charge >= 0.3 is 5.97 Å². The van der Waals surface area contributed by atoms with E-state index >= 15 is 0 Å². The number of benzene rings is 1. The van der Waals surface area contributed by atoms with Crippen LogP contribution in [0.15, 0.2) is 30.5 Å². The van der Waals surface area contributed by atoms with Crippen molar-refractivity contribution in [3.63, 3.8) is 0 Å². The Morgan fingerprint density at radius 3 is 2.81 bits per heavy atom. The largest absolute Gasteiger partial charge is 0.480 e. The lowest BCUT2D eigenvalue weighted by Gasteiger charge is -2.04. The van der Waals surface area contributed by atoms with E-state index in [4.69, 9.17) is 10.8 Å². The van der Waals surface area contributed by atoms with Crippen LogP contribution in [0.1, 0.15) is 13.0 Å². The minimum absolute atomic E-state index is 0. The van der Waals surface area contributed by atoms with Gasteiger partial charge in [-0.3, -0.25) is 4.79 Å². The Morgan fingerprint density at radius 1 is 1.44 bits per heavy atom. The highest BCUT2D eigenvalue weighted by molar-refractivity contribution is 5.84. The number of para-hydroxylation sites is 1. The predicted octanol–water partition coefficient (Wildman–Crippen LogP) is 1.76. The SMILES string of the molecule is C.N[C@@H](Cc1c[nH]c2ccccc12)C(=O)O. The number of aromatic nitrogens is 1. The molecule has 1 heterocycles. The smallest absolute Gasteiger partial charge is 0.320 e. The van der Waals surface area contributed by atoms with E-state index in [0.717, 1.165) is 16.5 Å². The highest BCUT2D eigenvalue weighted by Crippen LogP contribution is 2.18. The molecule has 1 aromatic carbocycles. The van der Waals surface area contributed by atoms with Crippen LogP contribution in [-0.4, -0.2) is 22.1 Å². The molecule has 4 heteroatoms. The number of carboxylic acids is 1. The molecule has 0 spiro atoms. The molecule has 2 rings (SSSR count). The minimum Gasteiger partial charge on any atom is -0.480 e. The predicted molar refractivity (Wildman–Crippen MR) is 64.3 cm³/mol.